The smallest absolute Gasteiger partial charge is 0.258 e. The Morgan fingerprint density at radius 1 is 1.17 bits per heavy atom. The van der Waals surface area contributed by atoms with Crippen molar-refractivity contribution in [2.45, 2.75) is 6.92 Å². The van der Waals surface area contributed by atoms with E-state index in [1.807, 2.05) is 49.4 Å². The minimum Gasteiger partial charge on any atom is -0.497 e. The molecule has 0 bridgehead atoms. The first-order valence-corrected chi connectivity index (χ1v) is 7.14. The Morgan fingerprint density at radius 3 is 2.65 bits per heavy atom. The van der Waals surface area contributed by atoms with Crippen LogP contribution >= 0.6 is 0 Å². The molecule has 0 aliphatic heterocycles. The van der Waals surface area contributed by atoms with Crippen LogP contribution in [0.25, 0.3) is 11.1 Å². The zero-order chi connectivity index (χ0) is 16.2. The Bertz CT molecular complexity index is 822. The summed E-state index contributed by atoms with van der Waals surface area (Å²) in [5.41, 5.74) is 3.19. The fourth-order valence-electron chi connectivity index (χ4n) is 2.27. The van der Waals surface area contributed by atoms with Crippen molar-refractivity contribution < 1.29 is 14.1 Å². The van der Waals surface area contributed by atoms with Crippen molar-refractivity contribution in [2.24, 2.45) is 0 Å². The number of aromatic nitrogens is 1. The fraction of sp³-hybridized carbons (Fsp3) is 0.111. The number of carbonyl (C=O) groups is 1. The van der Waals surface area contributed by atoms with E-state index >= 15 is 0 Å². The van der Waals surface area contributed by atoms with Gasteiger partial charge in [0.05, 0.1) is 18.9 Å². The molecule has 1 heterocycles. The van der Waals surface area contributed by atoms with Gasteiger partial charge in [0.2, 0.25) is 5.88 Å². The highest BCUT2D eigenvalue weighted by atomic mass is 16.5. The van der Waals surface area contributed by atoms with E-state index in [1.165, 1.54) is 0 Å². The molecule has 5 nitrogen and oxygen atoms in total. The Labute approximate surface area is 133 Å². The molecule has 0 aliphatic carbocycles. The number of anilines is 1. The minimum absolute atomic E-state index is 0.236. The van der Waals surface area contributed by atoms with Gasteiger partial charge in [-0.3, -0.25) is 10.1 Å². The van der Waals surface area contributed by atoms with Crippen LogP contribution in [0.15, 0.2) is 59.3 Å². The number of rotatable bonds is 4. The summed E-state index contributed by atoms with van der Waals surface area (Å²) in [5, 5.41) is 6.55. The Hall–Kier alpha value is -3.08. The van der Waals surface area contributed by atoms with E-state index in [9.17, 15) is 4.79 Å². The Balaban J connectivity index is 1.84. The van der Waals surface area contributed by atoms with E-state index in [0.717, 1.165) is 16.9 Å². The van der Waals surface area contributed by atoms with E-state index in [0.29, 0.717) is 17.0 Å². The van der Waals surface area contributed by atoms with Gasteiger partial charge in [-0.1, -0.05) is 35.0 Å². The minimum atomic E-state index is -0.236. The normalized spacial score (nSPS) is 10.3. The molecule has 1 amide bonds. The molecule has 0 spiro atoms. The van der Waals surface area contributed by atoms with Gasteiger partial charge in [0.25, 0.3) is 5.91 Å². The molecule has 0 saturated carbocycles. The highest BCUT2D eigenvalue weighted by molar-refractivity contribution is 6.05. The second kappa shape index (κ2) is 6.36. The van der Waals surface area contributed by atoms with Crippen LogP contribution in [-0.2, 0) is 0 Å². The van der Waals surface area contributed by atoms with Crippen LogP contribution in [0.1, 0.15) is 15.9 Å². The SMILES string of the molecule is COc1ccc(-c2cnoc2NC(=O)c2cccc(C)c2)cc1. The summed E-state index contributed by atoms with van der Waals surface area (Å²) in [5.74, 6) is 0.845. The number of aryl methyl sites for hydroxylation is 1. The molecule has 23 heavy (non-hydrogen) atoms. The first-order valence-electron chi connectivity index (χ1n) is 7.14. The molecular weight excluding hydrogens is 292 g/mol. The van der Waals surface area contributed by atoms with E-state index in [1.54, 1.807) is 19.4 Å². The van der Waals surface area contributed by atoms with Crippen molar-refractivity contribution in [1.82, 2.24) is 5.16 Å². The third-order valence-electron chi connectivity index (χ3n) is 3.48. The van der Waals surface area contributed by atoms with Crippen LogP contribution in [0.2, 0.25) is 0 Å². The van der Waals surface area contributed by atoms with Crippen LogP contribution in [0, 0.1) is 6.92 Å². The number of ether oxygens (including phenoxy) is 1. The maximum atomic E-state index is 12.3. The largest absolute Gasteiger partial charge is 0.497 e. The van der Waals surface area contributed by atoms with Crippen molar-refractivity contribution in [1.29, 1.82) is 0 Å². The maximum absolute atomic E-state index is 12.3. The lowest BCUT2D eigenvalue weighted by atomic mass is 10.1. The van der Waals surface area contributed by atoms with E-state index < -0.39 is 0 Å². The average molecular weight is 308 g/mol. The standard InChI is InChI=1S/C18H16N2O3/c1-12-4-3-5-14(10-12)17(21)20-18-16(11-19-23-18)13-6-8-15(22-2)9-7-13/h3-11H,1-2H3,(H,20,21). The molecule has 5 heteroatoms. The van der Waals surface area contributed by atoms with Crippen molar-refractivity contribution >= 4 is 11.8 Å². The Morgan fingerprint density at radius 2 is 1.96 bits per heavy atom. The molecule has 0 aliphatic rings. The van der Waals surface area contributed by atoms with E-state index in [4.69, 9.17) is 9.26 Å². The van der Waals surface area contributed by atoms with Crippen LogP contribution in [0.4, 0.5) is 5.88 Å². The average Bonchev–Trinajstić information content (AvgIpc) is 3.03. The van der Waals surface area contributed by atoms with Gasteiger partial charge in [-0.2, -0.15) is 0 Å². The lowest BCUT2D eigenvalue weighted by Gasteiger charge is -2.06. The van der Waals surface area contributed by atoms with Gasteiger partial charge in [-0.05, 0) is 36.8 Å². The number of nitrogens with one attached hydrogen (secondary N) is 1. The van der Waals surface area contributed by atoms with E-state index in [2.05, 4.69) is 10.5 Å². The van der Waals surface area contributed by atoms with Crippen molar-refractivity contribution in [2.75, 3.05) is 12.4 Å². The first-order chi connectivity index (χ1) is 11.2. The molecule has 3 rings (SSSR count). The molecule has 1 aromatic heterocycles. The van der Waals surface area contributed by atoms with Crippen LogP contribution in [-0.4, -0.2) is 18.2 Å². The highest BCUT2D eigenvalue weighted by Gasteiger charge is 2.15. The number of hydrogen-bond acceptors (Lipinski definition) is 4. The molecule has 3 aromatic rings. The number of carbonyl (C=O) groups excluding carboxylic acids is 1. The topological polar surface area (TPSA) is 64.4 Å². The summed E-state index contributed by atoms with van der Waals surface area (Å²) >= 11 is 0. The summed E-state index contributed by atoms with van der Waals surface area (Å²) in [6, 6.07) is 14.8. The highest BCUT2D eigenvalue weighted by Crippen LogP contribution is 2.29. The van der Waals surface area contributed by atoms with Crippen molar-refractivity contribution in [3.63, 3.8) is 0 Å². The summed E-state index contributed by atoms with van der Waals surface area (Å²) in [6.45, 7) is 1.94. The second-order valence-corrected chi connectivity index (χ2v) is 5.12. The molecule has 0 unspecified atom stereocenters. The molecule has 0 radical (unpaired) electrons. The van der Waals surface area contributed by atoms with Crippen LogP contribution < -0.4 is 10.1 Å². The van der Waals surface area contributed by atoms with Gasteiger partial charge in [-0.25, -0.2) is 0 Å². The maximum Gasteiger partial charge on any atom is 0.258 e. The zero-order valence-corrected chi connectivity index (χ0v) is 12.9. The van der Waals surface area contributed by atoms with Gasteiger partial charge < -0.3 is 9.26 Å². The lowest BCUT2D eigenvalue weighted by molar-refractivity contribution is 0.102. The molecule has 0 atom stereocenters. The predicted molar refractivity (Wildman–Crippen MR) is 87.6 cm³/mol. The predicted octanol–water partition coefficient (Wildman–Crippen LogP) is 3.91. The quantitative estimate of drug-likeness (QED) is 0.793. The third-order valence-corrected chi connectivity index (χ3v) is 3.48. The molecular formula is C18H16N2O3. The third kappa shape index (κ3) is 3.23. The molecule has 116 valence electrons. The van der Waals surface area contributed by atoms with Crippen LogP contribution in [0.3, 0.4) is 0 Å². The molecule has 0 fully saturated rings. The molecule has 2 aromatic carbocycles. The summed E-state index contributed by atoms with van der Waals surface area (Å²) in [6.07, 6.45) is 1.58. The summed E-state index contributed by atoms with van der Waals surface area (Å²) < 4.78 is 10.3. The van der Waals surface area contributed by atoms with Gasteiger partial charge in [0.15, 0.2) is 0 Å². The molecule has 0 saturated heterocycles. The number of hydrogen-bond donors (Lipinski definition) is 1. The van der Waals surface area contributed by atoms with Crippen molar-refractivity contribution in [3.05, 3.63) is 65.9 Å². The van der Waals surface area contributed by atoms with Gasteiger partial charge >= 0.3 is 0 Å². The number of benzene rings is 2. The lowest BCUT2D eigenvalue weighted by Crippen LogP contribution is -2.12. The summed E-state index contributed by atoms with van der Waals surface area (Å²) in [4.78, 5) is 12.3. The first kappa shape index (κ1) is 14.8. The second-order valence-electron chi connectivity index (χ2n) is 5.12. The Kier molecular flexibility index (Phi) is 4.10. The molecule has 1 N–H and O–H groups in total. The van der Waals surface area contributed by atoms with Gasteiger partial charge in [-0.15, -0.1) is 0 Å². The summed E-state index contributed by atoms with van der Waals surface area (Å²) in [7, 11) is 1.61. The van der Waals surface area contributed by atoms with E-state index in [-0.39, 0.29) is 5.91 Å². The van der Waals surface area contributed by atoms with Crippen LogP contribution in [0.5, 0.6) is 5.75 Å². The number of amides is 1. The zero-order valence-electron chi connectivity index (χ0n) is 12.9. The van der Waals surface area contributed by atoms with Crippen molar-refractivity contribution in [3.8, 4) is 16.9 Å². The van der Waals surface area contributed by atoms with Gasteiger partial charge in [0, 0.05) is 5.56 Å². The van der Waals surface area contributed by atoms with Gasteiger partial charge in [0.1, 0.15) is 5.75 Å². The number of methoxy groups -OCH3 is 1. The number of nitrogens with zero attached hydrogens (tertiary/aromatic N) is 1. The monoisotopic (exact) mass is 308 g/mol. The fourth-order valence-corrected chi connectivity index (χ4v) is 2.27.